The second-order valence-electron chi connectivity index (χ2n) is 3.28. The summed E-state index contributed by atoms with van der Waals surface area (Å²) in [4.78, 5) is 4.14. The van der Waals surface area contributed by atoms with Gasteiger partial charge in [0.25, 0.3) is 0 Å². The molecule has 88 valence electrons. The summed E-state index contributed by atoms with van der Waals surface area (Å²) in [5.74, 6) is 7.76. The summed E-state index contributed by atoms with van der Waals surface area (Å²) < 4.78 is 10.6. The molecular formula is C12H13N3O2. The molecule has 2 rings (SSSR count). The van der Waals surface area contributed by atoms with Crippen molar-refractivity contribution in [2.45, 2.75) is 0 Å². The van der Waals surface area contributed by atoms with E-state index in [1.54, 1.807) is 25.3 Å². The Morgan fingerprint density at radius 1 is 1.06 bits per heavy atom. The normalized spacial score (nSPS) is 9.76. The SMILES string of the molecule is COc1ccc(Oc2cccc(NN)n2)cc1. The van der Waals surface area contributed by atoms with Crippen molar-refractivity contribution in [2.24, 2.45) is 5.84 Å². The number of pyridine rings is 1. The molecule has 2 aromatic rings. The van der Waals surface area contributed by atoms with Gasteiger partial charge in [-0.05, 0) is 30.3 Å². The van der Waals surface area contributed by atoms with Gasteiger partial charge in [0, 0.05) is 6.07 Å². The lowest BCUT2D eigenvalue weighted by Crippen LogP contribution is -2.08. The molecule has 1 aromatic carbocycles. The fourth-order valence-electron chi connectivity index (χ4n) is 1.32. The quantitative estimate of drug-likeness (QED) is 0.623. The zero-order chi connectivity index (χ0) is 12.1. The maximum atomic E-state index is 5.56. The van der Waals surface area contributed by atoms with Gasteiger partial charge in [-0.15, -0.1) is 0 Å². The van der Waals surface area contributed by atoms with Gasteiger partial charge in [-0.2, -0.15) is 4.98 Å². The molecule has 0 radical (unpaired) electrons. The fraction of sp³-hybridized carbons (Fsp3) is 0.0833. The van der Waals surface area contributed by atoms with Crippen LogP contribution >= 0.6 is 0 Å². The zero-order valence-corrected chi connectivity index (χ0v) is 9.38. The first kappa shape index (κ1) is 11.2. The molecule has 0 unspecified atom stereocenters. The number of rotatable bonds is 4. The topological polar surface area (TPSA) is 69.4 Å². The fourth-order valence-corrected chi connectivity index (χ4v) is 1.32. The Kier molecular flexibility index (Phi) is 3.42. The van der Waals surface area contributed by atoms with Gasteiger partial charge in [0.05, 0.1) is 7.11 Å². The van der Waals surface area contributed by atoms with Gasteiger partial charge in [-0.3, -0.25) is 0 Å². The molecule has 0 atom stereocenters. The number of hydrazine groups is 1. The Bertz CT molecular complexity index is 485. The lowest BCUT2D eigenvalue weighted by atomic mass is 10.3. The smallest absolute Gasteiger partial charge is 0.221 e. The number of nitrogens with zero attached hydrogens (tertiary/aromatic N) is 1. The van der Waals surface area contributed by atoms with E-state index in [1.165, 1.54) is 0 Å². The molecule has 3 N–H and O–H groups in total. The van der Waals surface area contributed by atoms with Crippen molar-refractivity contribution in [3.8, 4) is 17.4 Å². The second kappa shape index (κ2) is 5.18. The molecule has 0 bridgehead atoms. The molecular weight excluding hydrogens is 218 g/mol. The summed E-state index contributed by atoms with van der Waals surface area (Å²) in [6.07, 6.45) is 0. The number of hydrogen-bond acceptors (Lipinski definition) is 5. The van der Waals surface area contributed by atoms with Crippen LogP contribution in [0, 0.1) is 0 Å². The molecule has 0 aliphatic rings. The Labute approximate surface area is 99.2 Å². The first-order valence-corrected chi connectivity index (χ1v) is 5.07. The molecule has 0 amide bonds. The van der Waals surface area contributed by atoms with Crippen LogP contribution in [0.1, 0.15) is 0 Å². The maximum absolute atomic E-state index is 5.56. The molecule has 5 heteroatoms. The van der Waals surface area contributed by atoms with Crippen molar-refractivity contribution in [3.05, 3.63) is 42.5 Å². The standard InChI is InChI=1S/C12H13N3O2/c1-16-9-5-7-10(8-6-9)17-12-4-2-3-11(14-12)15-13/h2-8H,13H2,1H3,(H,14,15). The van der Waals surface area contributed by atoms with E-state index in [2.05, 4.69) is 10.4 Å². The van der Waals surface area contributed by atoms with Gasteiger partial charge in [0.2, 0.25) is 5.88 Å². The third-order valence-corrected chi connectivity index (χ3v) is 2.15. The minimum Gasteiger partial charge on any atom is -0.497 e. The van der Waals surface area contributed by atoms with Gasteiger partial charge in [0.15, 0.2) is 0 Å². The van der Waals surface area contributed by atoms with E-state index < -0.39 is 0 Å². The molecule has 17 heavy (non-hydrogen) atoms. The van der Waals surface area contributed by atoms with E-state index in [-0.39, 0.29) is 0 Å². The van der Waals surface area contributed by atoms with Crippen LogP contribution in [0.4, 0.5) is 5.82 Å². The highest BCUT2D eigenvalue weighted by Crippen LogP contribution is 2.22. The van der Waals surface area contributed by atoms with Crippen LogP contribution in [0.25, 0.3) is 0 Å². The van der Waals surface area contributed by atoms with Crippen LogP contribution in [0.5, 0.6) is 17.4 Å². The van der Waals surface area contributed by atoms with E-state index in [4.69, 9.17) is 15.3 Å². The average Bonchev–Trinajstić information content (AvgIpc) is 2.40. The monoisotopic (exact) mass is 231 g/mol. The van der Waals surface area contributed by atoms with Gasteiger partial charge in [0.1, 0.15) is 17.3 Å². The Hall–Kier alpha value is -2.27. The van der Waals surface area contributed by atoms with Crippen molar-refractivity contribution in [1.29, 1.82) is 0 Å². The Balaban J connectivity index is 2.13. The zero-order valence-electron chi connectivity index (χ0n) is 9.38. The number of methoxy groups -OCH3 is 1. The summed E-state index contributed by atoms with van der Waals surface area (Å²) in [6.45, 7) is 0. The summed E-state index contributed by atoms with van der Waals surface area (Å²) in [5.41, 5.74) is 2.46. The summed E-state index contributed by atoms with van der Waals surface area (Å²) in [7, 11) is 1.62. The minimum absolute atomic E-state index is 0.477. The highest BCUT2D eigenvalue weighted by molar-refractivity contribution is 5.38. The van der Waals surface area contributed by atoms with Crippen molar-refractivity contribution >= 4 is 5.82 Å². The predicted octanol–water partition coefficient (Wildman–Crippen LogP) is 2.17. The molecule has 1 aromatic heterocycles. The van der Waals surface area contributed by atoms with Crippen molar-refractivity contribution in [3.63, 3.8) is 0 Å². The average molecular weight is 231 g/mol. The maximum Gasteiger partial charge on any atom is 0.221 e. The minimum atomic E-state index is 0.477. The predicted molar refractivity (Wildman–Crippen MR) is 65.1 cm³/mol. The van der Waals surface area contributed by atoms with Crippen LogP contribution in [0.3, 0.4) is 0 Å². The number of nitrogen functional groups attached to an aromatic ring is 1. The van der Waals surface area contributed by atoms with Crippen LogP contribution in [-0.2, 0) is 0 Å². The second-order valence-corrected chi connectivity index (χ2v) is 3.28. The van der Waals surface area contributed by atoms with E-state index in [0.29, 0.717) is 17.4 Å². The van der Waals surface area contributed by atoms with Crippen molar-refractivity contribution in [2.75, 3.05) is 12.5 Å². The molecule has 1 heterocycles. The van der Waals surface area contributed by atoms with Crippen LogP contribution in [0.15, 0.2) is 42.5 Å². The third-order valence-electron chi connectivity index (χ3n) is 2.15. The first-order chi connectivity index (χ1) is 8.31. The molecule has 0 fully saturated rings. The molecule has 0 aliphatic carbocycles. The van der Waals surface area contributed by atoms with Crippen molar-refractivity contribution < 1.29 is 9.47 Å². The molecule has 0 aliphatic heterocycles. The number of hydrogen-bond donors (Lipinski definition) is 2. The molecule has 5 nitrogen and oxygen atoms in total. The number of ether oxygens (including phenoxy) is 2. The van der Waals surface area contributed by atoms with E-state index in [0.717, 1.165) is 5.75 Å². The third kappa shape index (κ3) is 2.85. The van der Waals surface area contributed by atoms with E-state index in [1.807, 2.05) is 24.3 Å². The lowest BCUT2D eigenvalue weighted by molar-refractivity contribution is 0.412. The van der Waals surface area contributed by atoms with Crippen LogP contribution < -0.4 is 20.7 Å². The Morgan fingerprint density at radius 3 is 2.41 bits per heavy atom. The molecule has 0 saturated heterocycles. The van der Waals surface area contributed by atoms with Gasteiger partial charge >= 0.3 is 0 Å². The van der Waals surface area contributed by atoms with Crippen LogP contribution in [0.2, 0.25) is 0 Å². The first-order valence-electron chi connectivity index (χ1n) is 5.07. The lowest BCUT2D eigenvalue weighted by Gasteiger charge is -2.06. The summed E-state index contributed by atoms with van der Waals surface area (Å²) in [5, 5.41) is 0. The van der Waals surface area contributed by atoms with Gasteiger partial charge in [-0.25, -0.2) is 5.84 Å². The molecule has 0 spiro atoms. The van der Waals surface area contributed by atoms with E-state index in [9.17, 15) is 0 Å². The summed E-state index contributed by atoms with van der Waals surface area (Å²) >= 11 is 0. The highest BCUT2D eigenvalue weighted by Gasteiger charge is 2.00. The van der Waals surface area contributed by atoms with E-state index >= 15 is 0 Å². The van der Waals surface area contributed by atoms with Crippen LogP contribution in [-0.4, -0.2) is 12.1 Å². The van der Waals surface area contributed by atoms with Gasteiger partial charge in [-0.1, -0.05) is 6.07 Å². The van der Waals surface area contributed by atoms with Gasteiger partial charge < -0.3 is 14.9 Å². The number of aromatic nitrogens is 1. The number of nitrogens with two attached hydrogens (primary N) is 1. The largest absolute Gasteiger partial charge is 0.497 e. The van der Waals surface area contributed by atoms with Crippen molar-refractivity contribution in [1.82, 2.24) is 4.98 Å². The number of nitrogens with one attached hydrogen (secondary N) is 1. The molecule has 0 saturated carbocycles. The number of anilines is 1. The number of benzene rings is 1. The summed E-state index contributed by atoms with van der Waals surface area (Å²) in [6, 6.07) is 12.6. The Morgan fingerprint density at radius 2 is 1.76 bits per heavy atom. The highest BCUT2D eigenvalue weighted by atomic mass is 16.5.